The Hall–Kier alpha value is -2.61. The van der Waals surface area contributed by atoms with Crippen LogP contribution in [-0.2, 0) is 16.0 Å². The van der Waals surface area contributed by atoms with Gasteiger partial charge in [0.1, 0.15) is 11.5 Å². The van der Waals surface area contributed by atoms with Gasteiger partial charge in [-0.05, 0) is 41.4 Å². The van der Waals surface area contributed by atoms with Crippen LogP contribution in [0.2, 0.25) is 0 Å². The molecule has 2 aromatic rings. The van der Waals surface area contributed by atoms with Crippen LogP contribution in [0, 0.1) is 5.92 Å². The molecule has 3 N–H and O–H groups in total. The van der Waals surface area contributed by atoms with Gasteiger partial charge in [0, 0.05) is 19.6 Å². The second kappa shape index (κ2) is 10.1. The Labute approximate surface area is 199 Å². The van der Waals surface area contributed by atoms with Crippen molar-refractivity contribution in [1.82, 2.24) is 20.9 Å². The van der Waals surface area contributed by atoms with E-state index in [4.69, 9.17) is 0 Å². The Morgan fingerprint density at radius 3 is 2.64 bits per heavy atom. The zero-order valence-electron chi connectivity index (χ0n) is 18.6. The van der Waals surface area contributed by atoms with Gasteiger partial charge in [0.25, 0.3) is 0 Å². The van der Waals surface area contributed by atoms with E-state index >= 15 is 0 Å². The van der Waals surface area contributed by atoms with Crippen LogP contribution in [0.5, 0.6) is 0 Å². The number of rotatable bonds is 6. The van der Waals surface area contributed by atoms with Crippen LogP contribution in [0.3, 0.4) is 0 Å². The molecule has 0 saturated carbocycles. The van der Waals surface area contributed by atoms with Crippen molar-refractivity contribution in [2.45, 2.75) is 36.8 Å². The molecule has 0 aromatic heterocycles. The normalized spacial score (nSPS) is 27.4. The van der Waals surface area contributed by atoms with Crippen LogP contribution >= 0.6 is 11.8 Å². The van der Waals surface area contributed by atoms with Crippen LogP contribution in [0.4, 0.5) is 0 Å². The molecule has 0 radical (unpaired) electrons. The Morgan fingerprint density at radius 2 is 1.85 bits per heavy atom. The molecule has 0 bridgehead atoms. The first-order chi connectivity index (χ1) is 16.2. The molecule has 3 aliphatic rings. The Bertz CT molecular complexity index is 1010. The summed E-state index contributed by atoms with van der Waals surface area (Å²) in [5, 5.41) is 11.9. The third-order valence-corrected chi connectivity index (χ3v) is 7.88. The highest BCUT2D eigenvalue weighted by Crippen LogP contribution is 2.38. The maximum absolute atomic E-state index is 12.9. The van der Waals surface area contributed by atoms with E-state index in [9.17, 15) is 9.59 Å². The van der Waals surface area contributed by atoms with E-state index in [1.807, 2.05) is 36.4 Å². The number of nitrogens with zero attached hydrogens (tertiary/aromatic N) is 1. The third-order valence-electron chi connectivity index (χ3n) is 6.71. The van der Waals surface area contributed by atoms with E-state index in [0.29, 0.717) is 13.1 Å². The zero-order chi connectivity index (χ0) is 22.6. The summed E-state index contributed by atoms with van der Waals surface area (Å²) in [7, 11) is 0. The molecule has 5 rings (SSSR count). The summed E-state index contributed by atoms with van der Waals surface area (Å²) >= 11 is 1.58. The number of hydrogen-bond acceptors (Lipinski definition) is 5. The average molecular weight is 463 g/mol. The van der Waals surface area contributed by atoms with Gasteiger partial charge in [0.05, 0.1) is 12.0 Å². The monoisotopic (exact) mass is 462 g/mol. The lowest BCUT2D eigenvalue weighted by molar-refractivity contribution is -0.129. The minimum atomic E-state index is -0.260. The molecule has 2 aromatic carbocycles. The molecule has 6 nitrogen and oxygen atoms in total. The summed E-state index contributed by atoms with van der Waals surface area (Å²) < 4.78 is 0. The molecule has 7 heteroatoms. The summed E-state index contributed by atoms with van der Waals surface area (Å²) in [6.07, 6.45) is 2.39. The SMILES string of the molecule is O=C(NCCc1ccccc1)C1CCCN(C2NC(=O)C3SC=C(c4ccccc4)C3N2)C1. The fraction of sp³-hybridized carbons (Fsp3) is 0.385. The molecule has 2 saturated heterocycles. The zero-order valence-corrected chi connectivity index (χ0v) is 19.4. The summed E-state index contributed by atoms with van der Waals surface area (Å²) in [6.45, 7) is 2.15. The van der Waals surface area contributed by atoms with Gasteiger partial charge >= 0.3 is 0 Å². The van der Waals surface area contributed by atoms with Gasteiger partial charge in [-0.1, -0.05) is 60.7 Å². The molecule has 0 aliphatic carbocycles. The predicted molar refractivity (Wildman–Crippen MR) is 132 cm³/mol. The Balaban J connectivity index is 1.19. The number of nitrogens with one attached hydrogen (secondary N) is 3. The Morgan fingerprint density at radius 1 is 1.09 bits per heavy atom. The fourth-order valence-electron chi connectivity index (χ4n) is 4.93. The maximum atomic E-state index is 12.9. The predicted octanol–water partition coefficient (Wildman–Crippen LogP) is 2.59. The minimum absolute atomic E-state index is 0.0313. The standard InChI is InChI=1S/C26H30N4O2S/c31-24(27-14-13-18-8-3-1-4-9-18)20-12-7-15-30(16-20)26-28-22-21(19-10-5-2-6-11-19)17-33-23(22)25(32)29-26/h1-6,8-11,17,20,22-23,26,28H,7,12-16H2,(H,27,31)(H,29,32). The lowest BCUT2D eigenvalue weighted by Gasteiger charge is -2.43. The van der Waals surface area contributed by atoms with Crippen LogP contribution in [-0.4, -0.2) is 53.9 Å². The highest BCUT2D eigenvalue weighted by Gasteiger charge is 2.44. The molecular weight excluding hydrogens is 432 g/mol. The van der Waals surface area contributed by atoms with Crippen molar-refractivity contribution < 1.29 is 9.59 Å². The van der Waals surface area contributed by atoms with Crippen LogP contribution in [0.25, 0.3) is 5.57 Å². The van der Waals surface area contributed by atoms with Crippen LogP contribution in [0.1, 0.15) is 24.0 Å². The molecule has 33 heavy (non-hydrogen) atoms. The summed E-state index contributed by atoms with van der Waals surface area (Å²) in [5.41, 5.74) is 3.54. The first-order valence-electron chi connectivity index (χ1n) is 11.7. The number of amides is 2. The van der Waals surface area contributed by atoms with Gasteiger partial charge in [-0.2, -0.15) is 0 Å². The highest BCUT2D eigenvalue weighted by molar-refractivity contribution is 8.04. The van der Waals surface area contributed by atoms with Crippen molar-refractivity contribution in [2.24, 2.45) is 5.92 Å². The molecule has 3 aliphatic heterocycles. The fourth-order valence-corrected chi connectivity index (χ4v) is 6.08. The number of fused-ring (bicyclic) bond motifs is 1. The first-order valence-corrected chi connectivity index (χ1v) is 12.7. The number of benzene rings is 2. The largest absolute Gasteiger partial charge is 0.355 e. The number of carbonyl (C=O) groups excluding carboxylic acids is 2. The van der Waals surface area contributed by atoms with Crippen molar-refractivity contribution in [3.63, 3.8) is 0 Å². The van der Waals surface area contributed by atoms with Crippen molar-refractivity contribution in [3.8, 4) is 0 Å². The van der Waals surface area contributed by atoms with Gasteiger partial charge in [0.2, 0.25) is 11.8 Å². The molecule has 0 spiro atoms. The molecule has 2 amide bonds. The van der Waals surface area contributed by atoms with Crippen molar-refractivity contribution >= 4 is 29.1 Å². The lowest BCUT2D eigenvalue weighted by Crippen LogP contribution is -2.69. The maximum Gasteiger partial charge on any atom is 0.237 e. The van der Waals surface area contributed by atoms with Gasteiger partial charge in [-0.15, -0.1) is 11.8 Å². The van der Waals surface area contributed by atoms with Gasteiger partial charge in [-0.25, -0.2) is 0 Å². The van der Waals surface area contributed by atoms with E-state index in [1.165, 1.54) is 5.56 Å². The smallest absolute Gasteiger partial charge is 0.237 e. The summed E-state index contributed by atoms with van der Waals surface area (Å²) in [4.78, 5) is 27.9. The van der Waals surface area contributed by atoms with E-state index in [2.05, 4.69) is 50.5 Å². The minimum Gasteiger partial charge on any atom is -0.355 e. The summed E-state index contributed by atoms with van der Waals surface area (Å²) in [6, 6.07) is 20.4. The average Bonchev–Trinajstić information content (AvgIpc) is 3.30. The van der Waals surface area contributed by atoms with E-state index in [0.717, 1.165) is 36.9 Å². The molecule has 3 heterocycles. The van der Waals surface area contributed by atoms with E-state index < -0.39 is 0 Å². The Kier molecular flexibility index (Phi) is 6.80. The van der Waals surface area contributed by atoms with E-state index in [1.54, 1.807) is 11.8 Å². The second-order valence-corrected chi connectivity index (χ2v) is 9.93. The van der Waals surface area contributed by atoms with Crippen molar-refractivity contribution in [2.75, 3.05) is 19.6 Å². The lowest BCUT2D eigenvalue weighted by atomic mass is 9.94. The van der Waals surface area contributed by atoms with Gasteiger partial charge in [0.15, 0.2) is 0 Å². The van der Waals surface area contributed by atoms with Gasteiger partial charge < -0.3 is 10.6 Å². The molecule has 4 atom stereocenters. The quantitative estimate of drug-likeness (QED) is 0.616. The molecular formula is C26H30N4O2S. The van der Waals surface area contributed by atoms with Crippen LogP contribution < -0.4 is 16.0 Å². The van der Waals surface area contributed by atoms with Gasteiger partial charge in [-0.3, -0.25) is 19.8 Å². The topological polar surface area (TPSA) is 73.5 Å². The van der Waals surface area contributed by atoms with E-state index in [-0.39, 0.29) is 35.3 Å². The molecule has 4 unspecified atom stereocenters. The summed E-state index contributed by atoms with van der Waals surface area (Å²) in [5.74, 6) is 0.107. The second-order valence-electron chi connectivity index (χ2n) is 8.91. The molecule has 2 fully saturated rings. The number of piperidine rings is 1. The number of carbonyl (C=O) groups is 2. The van der Waals surface area contributed by atoms with Crippen molar-refractivity contribution in [3.05, 3.63) is 77.2 Å². The number of hydrogen-bond donors (Lipinski definition) is 3. The number of likely N-dealkylation sites (tertiary alicyclic amines) is 1. The highest BCUT2D eigenvalue weighted by atomic mass is 32.2. The van der Waals surface area contributed by atoms with Crippen molar-refractivity contribution in [1.29, 1.82) is 0 Å². The number of thioether (sulfide) groups is 1. The van der Waals surface area contributed by atoms with Crippen LogP contribution in [0.15, 0.2) is 66.1 Å². The third kappa shape index (κ3) is 5.00. The molecule has 172 valence electrons. The first kappa shape index (κ1) is 22.2.